The lowest BCUT2D eigenvalue weighted by molar-refractivity contribution is 0.102. The van der Waals surface area contributed by atoms with Crippen LogP contribution in [0, 0.1) is 0 Å². The molecule has 11 heteroatoms. The average Bonchev–Trinajstić information content (AvgIpc) is 2.74. The van der Waals surface area contributed by atoms with Crippen LogP contribution in [0.15, 0.2) is 47.4 Å². The van der Waals surface area contributed by atoms with E-state index in [4.69, 9.17) is 4.74 Å². The van der Waals surface area contributed by atoms with Crippen molar-refractivity contribution in [1.82, 2.24) is 4.31 Å². The summed E-state index contributed by atoms with van der Waals surface area (Å²) in [5.41, 5.74) is 0.923. The third-order valence-corrected chi connectivity index (χ3v) is 7.84. The molecule has 1 aliphatic heterocycles. The lowest BCUT2D eigenvalue weighted by Crippen LogP contribution is -2.41. The third kappa shape index (κ3) is 5.59. The maximum Gasteiger partial charge on any atom is 0.255 e. The topological polar surface area (TPSA) is 122 Å². The van der Waals surface area contributed by atoms with E-state index in [2.05, 4.69) is 10.0 Å². The van der Waals surface area contributed by atoms with E-state index < -0.39 is 26.0 Å². The third-order valence-electron chi connectivity index (χ3n) is 5.22. The summed E-state index contributed by atoms with van der Waals surface area (Å²) in [6, 6.07) is 10.3. The smallest absolute Gasteiger partial charge is 0.255 e. The second-order valence-electron chi connectivity index (χ2n) is 7.73. The molecule has 0 aromatic heterocycles. The highest BCUT2D eigenvalue weighted by molar-refractivity contribution is 7.92. The fraction of sp³-hybridized carbons (Fsp3) is 0.381. The van der Waals surface area contributed by atoms with E-state index in [0.29, 0.717) is 12.2 Å². The zero-order chi connectivity index (χ0) is 23.5. The average molecular weight is 482 g/mol. The molecule has 174 valence electrons. The van der Waals surface area contributed by atoms with Crippen molar-refractivity contribution >= 4 is 37.3 Å². The van der Waals surface area contributed by atoms with Gasteiger partial charge in [-0.3, -0.25) is 9.52 Å². The summed E-state index contributed by atoms with van der Waals surface area (Å²) in [4.78, 5) is 12.8. The van der Waals surface area contributed by atoms with Gasteiger partial charge in [-0.1, -0.05) is 6.42 Å². The number of carbonyl (C=O) groups excluding carboxylic acids is 1. The summed E-state index contributed by atoms with van der Waals surface area (Å²) in [7, 11) is -5.71. The monoisotopic (exact) mass is 481 g/mol. The number of ether oxygens (including phenoxy) is 1. The molecule has 1 unspecified atom stereocenters. The molecular formula is C21H27N3O6S2. The highest BCUT2D eigenvalue weighted by Gasteiger charge is 2.30. The van der Waals surface area contributed by atoms with Crippen molar-refractivity contribution in [3.8, 4) is 5.75 Å². The Hall–Kier alpha value is -2.63. The van der Waals surface area contributed by atoms with Crippen molar-refractivity contribution < 1.29 is 26.4 Å². The van der Waals surface area contributed by atoms with Gasteiger partial charge in [0.2, 0.25) is 20.0 Å². The molecule has 0 spiro atoms. The molecule has 1 heterocycles. The molecule has 1 amide bonds. The molecule has 0 bridgehead atoms. The van der Waals surface area contributed by atoms with Crippen LogP contribution in [0.5, 0.6) is 5.75 Å². The van der Waals surface area contributed by atoms with Crippen LogP contribution in [0.25, 0.3) is 0 Å². The summed E-state index contributed by atoms with van der Waals surface area (Å²) in [6.45, 7) is 2.40. The number of hydrogen-bond acceptors (Lipinski definition) is 6. The highest BCUT2D eigenvalue weighted by atomic mass is 32.2. The van der Waals surface area contributed by atoms with E-state index in [0.717, 1.165) is 25.5 Å². The molecule has 1 fully saturated rings. The molecular weight excluding hydrogens is 454 g/mol. The van der Waals surface area contributed by atoms with Crippen molar-refractivity contribution in [2.24, 2.45) is 0 Å². The van der Waals surface area contributed by atoms with Gasteiger partial charge in [0.25, 0.3) is 5.91 Å². The van der Waals surface area contributed by atoms with Gasteiger partial charge in [-0.2, -0.15) is 4.31 Å². The lowest BCUT2D eigenvalue weighted by atomic mass is 10.1. The predicted octanol–water partition coefficient (Wildman–Crippen LogP) is 2.88. The minimum absolute atomic E-state index is 0.0492. The van der Waals surface area contributed by atoms with Crippen LogP contribution in [-0.4, -0.2) is 53.0 Å². The van der Waals surface area contributed by atoms with Gasteiger partial charge < -0.3 is 10.1 Å². The number of methoxy groups -OCH3 is 1. The first-order chi connectivity index (χ1) is 15.0. The number of nitrogens with one attached hydrogen (secondary N) is 2. The standard InChI is InChI=1S/C21H27N3O6S2/c1-15-6-4-5-13-24(15)32(28,29)18-10-7-16(8-11-18)21(25)22-17-9-12-19(20(14-17)30-2)23-31(3,26)27/h7-12,14-15,23H,4-6,13H2,1-3H3,(H,22,25). The van der Waals surface area contributed by atoms with Gasteiger partial charge in [-0.05, 0) is 56.2 Å². The van der Waals surface area contributed by atoms with Crippen molar-refractivity contribution in [2.45, 2.75) is 37.1 Å². The van der Waals surface area contributed by atoms with Gasteiger partial charge >= 0.3 is 0 Å². The summed E-state index contributed by atoms with van der Waals surface area (Å²) in [5.74, 6) is -0.198. The van der Waals surface area contributed by atoms with Crippen LogP contribution >= 0.6 is 0 Å². The van der Waals surface area contributed by atoms with E-state index in [1.54, 1.807) is 0 Å². The Balaban J connectivity index is 1.75. The Morgan fingerprint density at radius 2 is 1.75 bits per heavy atom. The van der Waals surface area contributed by atoms with Crippen LogP contribution in [0.3, 0.4) is 0 Å². The Bertz CT molecular complexity index is 1190. The zero-order valence-electron chi connectivity index (χ0n) is 18.2. The molecule has 0 aliphatic carbocycles. The number of carbonyl (C=O) groups is 1. The Kier molecular flexibility index (Phi) is 7.11. The largest absolute Gasteiger partial charge is 0.494 e. The second kappa shape index (κ2) is 9.47. The summed E-state index contributed by atoms with van der Waals surface area (Å²) in [6.07, 6.45) is 3.72. The number of anilines is 2. The first-order valence-corrected chi connectivity index (χ1v) is 13.4. The second-order valence-corrected chi connectivity index (χ2v) is 11.4. The van der Waals surface area contributed by atoms with Gasteiger partial charge in [0.1, 0.15) is 5.75 Å². The fourth-order valence-corrected chi connectivity index (χ4v) is 5.87. The van der Waals surface area contributed by atoms with Crippen molar-refractivity contribution in [3.63, 3.8) is 0 Å². The van der Waals surface area contributed by atoms with Gasteiger partial charge in [0.15, 0.2) is 0 Å². The molecule has 1 aliphatic rings. The molecule has 1 atom stereocenters. The maximum atomic E-state index is 12.9. The van der Waals surface area contributed by atoms with E-state index in [-0.39, 0.29) is 27.9 Å². The van der Waals surface area contributed by atoms with E-state index in [1.165, 1.54) is 53.9 Å². The molecule has 0 radical (unpaired) electrons. The number of amides is 1. The lowest BCUT2D eigenvalue weighted by Gasteiger charge is -2.32. The molecule has 2 aromatic carbocycles. The Morgan fingerprint density at radius 1 is 1.06 bits per heavy atom. The summed E-state index contributed by atoms with van der Waals surface area (Å²) in [5, 5.41) is 2.70. The Labute approximate surface area is 188 Å². The number of benzene rings is 2. The van der Waals surface area contributed by atoms with Crippen molar-refractivity contribution in [3.05, 3.63) is 48.0 Å². The minimum atomic E-state index is -3.61. The molecule has 9 nitrogen and oxygen atoms in total. The quantitative estimate of drug-likeness (QED) is 0.627. The maximum absolute atomic E-state index is 12.9. The van der Waals surface area contributed by atoms with Crippen molar-refractivity contribution in [2.75, 3.05) is 29.9 Å². The highest BCUT2D eigenvalue weighted by Crippen LogP contribution is 2.29. The van der Waals surface area contributed by atoms with Gasteiger partial charge in [0, 0.05) is 29.9 Å². The van der Waals surface area contributed by atoms with Crippen LogP contribution in [-0.2, 0) is 20.0 Å². The van der Waals surface area contributed by atoms with Crippen LogP contribution in [0.4, 0.5) is 11.4 Å². The molecule has 32 heavy (non-hydrogen) atoms. The zero-order valence-corrected chi connectivity index (χ0v) is 19.8. The number of nitrogens with zero attached hydrogens (tertiary/aromatic N) is 1. The van der Waals surface area contributed by atoms with Gasteiger partial charge in [-0.25, -0.2) is 16.8 Å². The molecule has 3 rings (SSSR count). The van der Waals surface area contributed by atoms with Crippen molar-refractivity contribution in [1.29, 1.82) is 0 Å². The summed E-state index contributed by atoms with van der Waals surface area (Å²) < 4.78 is 57.8. The molecule has 2 N–H and O–H groups in total. The molecule has 0 saturated carbocycles. The molecule has 1 saturated heterocycles. The normalized spacial score (nSPS) is 17.5. The number of hydrogen-bond donors (Lipinski definition) is 2. The summed E-state index contributed by atoms with van der Waals surface area (Å²) >= 11 is 0. The van der Waals surface area contributed by atoms with E-state index in [9.17, 15) is 21.6 Å². The van der Waals surface area contributed by atoms with E-state index >= 15 is 0 Å². The molecule has 2 aromatic rings. The fourth-order valence-electron chi connectivity index (χ4n) is 3.60. The predicted molar refractivity (Wildman–Crippen MR) is 123 cm³/mol. The van der Waals surface area contributed by atoms with E-state index in [1.807, 2.05) is 6.92 Å². The van der Waals surface area contributed by atoms with Gasteiger partial charge in [0.05, 0.1) is 23.9 Å². The minimum Gasteiger partial charge on any atom is -0.494 e. The van der Waals surface area contributed by atoms with Crippen LogP contribution in [0.2, 0.25) is 0 Å². The number of piperidine rings is 1. The first kappa shape index (κ1) is 24.0. The van der Waals surface area contributed by atoms with Gasteiger partial charge in [-0.15, -0.1) is 0 Å². The number of sulfonamides is 2. The Morgan fingerprint density at radius 3 is 2.34 bits per heavy atom. The SMILES string of the molecule is COc1cc(NC(=O)c2ccc(S(=O)(=O)N3CCCCC3C)cc2)ccc1NS(C)(=O)=O. The first-order valence-electron chi connectivity index (χ1n) is 10.1. The number of rotatable bonds is 7. The van der Waals surface area contributed by atoms with Crippen LogP contribution in [0.1, 0.15) is 36.5 Å². The van der Waals surface area contributed by atoms with Crippen LogP contribution < -0.4 is 14.8 Å².